The van der Waals surface area contributed by atoms with E-state index in [1.165, 1.54) is 18.0 Å². The minimum Gasteiger partial charge on any atom is -0.359 e. The largest absolute Gasteiger partial charge is 0.451 e. The molecule has 1 aromatic rings. The third kappa shape index (κ3) is 7.70. The van der Waals surface area contributed by atoms with Crippen molar-refractivity contribution in [1.29, 1.82) is 0 Å². The summed E-state index contributed by atoms with van der Waals surface area (Å²) >= 11 is 0. The molecule has 7 nitrogen and oxygen atoms in total. The number of piperidine rings is 1. The van der Waals surface area contributed by atoms with Crippen LogP contribution in [0.1, 0.15) is 78.5 Å². The van der Waals surface area contributed by atoms with E-state index in [2.05, 4.69) is 23.8 Å². The minimum atomic E-state index is -4.81. The summed E-state index contributed by atoms with van der Waals surface area (Å²) in [6.07, 6.45) is 0.401. The first-order valence-electron chi connectivity index (χ1n) is 14.1. The Kier molecular flexibility index (Phi) is 9.75. The van der Waals surface area contributed by atoms with Gasteiger partial charge in [-0.05, 0) is 43.4 Å². The third-order valence-electron chi connectivity index (χ3n) is 8.41. The molecule has 2 aliphatic rings. The van der Waals surface area contributed by atoms with Gasteiger partial charge in [-0.3, -0.25) is 4.90 Å². The first-order chi connectivity index (χ1) is 18.1. The van der Waals surface area contributed by atoms with E-state index in [4.69, 9.17) is 0 Å². The molecule has 0 aromatic carbocycles. The summed E-state index contributed by atoms with van der Waals surface area (Å²) in [6.45, 7) is 7.54. The lowest BCUT2D eigenvalue weighted by molar-refractivity contribution is -0.272. The van der Waals surface area contributed by atoms with E-state index in [1.807, 2.05) is 11.8 Å². The van der Waals surface area contributed by atoms with Crippen molar-refractivity contribution < 1.29 is 32.2 Å². The predicted octanol–water partition coefficient (Wildman–Crippen LogP) is 5.37. The molecule has 1 saturated heterocycles. The van der Waals surface area contributed by atoms with Gasteiger partial charge in [-0.25, -0.2) is 18.7 Å². The second-order valence-corrected chi connectivity index (χ2v) is 11.6. The molecule has 2 heterocycles. The number of halogens is 5. The fourth-order valence-electron chi connectivity index (χ4n) is 5.99. The predicted molar refractivity (Wildman–Crippen MR) is 141 cm³/mol. The van der Waals surface area contributed by atoms with Crippen LogP contribution >= 0.6 is 0 Å². The van der Waals surface area contributed by atoms with Crippen molar-refractivity contribution in [3.63, 3.8) is 0 Å². The van der Waals surface area contributed by atoms with Crippen molar-refractivity contribution in [2.45, 2.75) is 90.7 Å². The molecular weight excluding hydrogens is 521 g/mol. The van der Waals surface area contributed by atoms with Crippen LogP contribution in [0.25, 0.3) is 0 Å². The molecule has 0 bridgehead atoms. The molecule has 2 atom stereocenters. The summed E-state index contributed by atoms with van der Waals surface area (Å²) in [5, 5.41) is 19.8. The molecule has 2 N–H and O–H groups in total. The monoisotopic (exact) mass is 565 g/mol. The number of likely N-dealkylation sites (tertiary alicyclic amines) is 1. The summed E-state index contributed by atoms with van der Waals surface area (Å²) in [6, 6.07) is 1.46. The normalized spacial score (nSPS) is 22.0. The maximum absolute atomic E-state index is 14.8. The number of anilines is 2. The van der Waals surface area contributed by atoms with Gasteiger partial charge in [-0.1, -0.05) is 27.2 Å². The molecule has 0 radical (unpaired) electrons. The van der Waals surface area contributed by atoms with Gasteiger partial charge >= 0.3 is 6.18 Å². The lowest BCUT2D eigenvalue weighted by Gasteiger charge is -2.43. The number of aromatic nitrogens is 2. The number of aliphatic hydroxyl groups is 2. The number of hydrogen-bond donors (Lipinski definition) is 2. The van der Waals surface area contributed by atoms with Crippen molar-refractivity contribution in [3.8, 4) is 0 Å². The fourth-order valence-corrected chi connectivity index (χ4v) is 5.99. The van der Waals surface area contributed by atoms with Crippen molar-refractivity contribution in [2.24, 2.45) is 17.3 Å². The second kappa shape index (κ2) is 12.0. The molecule has 0 spiro atoms. The number of rotatable bonds is 13. The minimum absolute atomic E-state index is 0.0197. The first kappa shape index (κ1) is 31.7. The SMILES string of the molecule is CCCN(CC(CC)(CCC)C1CC1)c1cc(N(C)CC2CN(C(C)(O)O)CCC2(F)F)nc(C(F)(F)F)n1. The zero-order chi connectivity index (χ0) is 29.2. The topological polar surface area (TPSA) is 76.0 Å². The summed E-state index contributed by atoms with van der Waals surface area (Å²) in [4.78, 5) is 12.0. The van der Waals surface area contributed by atoms with Gasteiger partial charge in [-0.2, -0.15) is 13.2 Å². The Labute approximate surface area is 228 Å². The highest BCUT2D eigenvalue weighted by atomic mass is 19.4. The quantitative estimate of drug-likeness (QED) is 0.246. The van der Waals surface area contributed by atoms with E-state index < -0.39 is 36.2 Å². The van der Waals surface area contributed by atoms with Crippen LogP contribution in [-0.2, 0) is 6.18 Å². The maximum Gasteiger partial charge on any atom is 0.451 e. The van der Waals surface area contributed by atoms with Crippen LogP contribution in [0.2, 0.25) is 0 Å². The highest BCUT2D eigenvalue weighted by Gasteiger charge is 2.48. The zero-order valence-electron chi connectivity index (χ0n) is 23.7. The van der Waals surface area contributed by atoms with Crippen molar-refractivity contribution in [1.82, 2.24) is 14.9 Å². The smallest absolute Gasteiger partial charge is 0.359 e. The zero-order valence-corrected chi connectivity index (χ0v) is 23.7. The summed E-state index contributed by atoms with van der Waals surface area (Å²) in [5.41, 5.74) is -0.0197. The van der Waals surface area contributed by atoms with Gasteiger partial charge in [0.1, 0.15) is 11.6 Å². The maximum atomic E-state index is 14.8. The van der Waals surface area contributed by atoms with Crippen LogP contribution in [0.3, 0.4) is 0 Å². The molecule has 1 aromatic heterocycles. The van der Waals surface area contributed by atoms with E-state index in [0.29, 0.717) is 25.4 Å². The Morgan fingerprint density at radius 2 is 1.72 bits per heavy atom. The first-order valence-corrected chi connectivity index (χ1v) is 14.1. The number of hydrogen-bond acceptors (Lipinski definition) is 7. The molecule has 12 heteroatoms. The van der Waals surface area contributed by atoms with Gasteiger partial charge in [0.2, 0.25) is 11.7 Å². The Hall–Kier alpha value is -1.79. The van der Waals surface area contributed by atoms with Crippen molar-refractivity contribution >= 4 is 11.6 Å². The summed E-state index contributed by atoms with van der Waals surface area (Å²) in [5.74, 6) is -7.47. The average Bonchev–Trinajstić information content (AvgIpc) is 3.69. The summed E-state index contributed by atoms with van der Waals surface area (Å²) < 4.78 is 71.5. The highest BCUT2D eigenvalue weighted by molar-refractivity contribution is 5.51. The van der Waals surface area contributed by atoms with Crippen molar-refractivity contribution in [3.05, 3.63) is 11.9 Å². The third-order valence-corrected chi connectivity index (χ3v) is 8.41. The molecule has 1 saturated carbocycles. The fraction of sp³-hybridized carbons (Fsp3) is 0.852. The van der Waals surface area contributed by atoms with Crippen molar-refractivity contribution in [2.75, 3.05) is 49.6 Å². The Balaban J connectivity index is 1.96. The van der Waals surface area contributed by atoms with Crippen LogP contribution in [0.15, 0.2) is 6.07 Å². The van der Waals surface area contributed by atoms with Crippen LogP contribution in [0.4, 0.5) is 33.6 Å². The van der Waals surface area contributed by atoms with E-state index in [0.717, 1.165) is 43.9 Å². The molecule has 224 valence electrons. The van der Waals surface area contributed by atoms with Gasteiger partial charge in [0.25, 0.3) is 5.92 Å². The molecular formula is C27H44F5N5O2. The van der Waals surface area contributed by atoms with Crippen LogP contribution in [0.5, 0.6) is 0 Å². The molecule has 1 aliphatic carbocycles. The Bertz CT molecular complexity index is 953. The Morgan fingerprint density at radius 1 is 1.08 bits per heavy atom. The highest BCUT2D eigenvalue weighted by Crippen LogP contribution is 2.51. The van der Waals surface area contributed by atoms with Crippen LogP contribution in [-0.4, -0.2) is 76.7 Å². The standard InChI is InChI=1S/C27H44F5N5O2/c1-6-11-25(8-3,19-9-10-19)18-36(13-7-2)22-15-21(33-23(34-22)27(30,31)32)35(5)16-20-17-37(24(4,38)39)14-12-26(20,28)29/h15,19-20,38-39H,6-14,16-18H2,1-5H3. The molecule has 2 unspecified atom stereocenters. The molecule has 39 heavy (non-hydrogen) atoms. The summed E-state index contributed by atoms with van der Waals surface area (Å²) in [7, 11) is 1.43. The van der Waals surface area contributed by atoms with E-state index in [9.17, 15) is 32.2 Å². The van der Waals surface area contributed by atoms with Gasteiger partial charge in [0, 0.05) is 59.2 Å². The molecule has 2 fully saturated rings. The second-order valence-electron chi connectivity index (χ2n) is 11.6. The molecule has 1 aliphatic heterocycles. The number of alkyl halides is 5. The Morgan fingerprint density at radius 3 is 2.23 bits per heavy atom. The lowest BCUT2D eigenvalue weighted by atomic mass is 9.75. The van der Waals surface area contributed by atoms with E-state index in [-0.39, 0.29) is 36.7 Å². The van der Waals surface area contributed by atoms with Gasteiger partial charge in [0.05, 0.1) is 5.92 Å². The van der Waals surface area contributed by atoms with Crippen LogP contribution < -0.4 is 9.80 Å². The van der Waals surface area contributed by atoms with E-state index in [1.54, 1.807) is 0 Å². The molecule has 0 amide bonds. The van der Waals surface area contributed by atoms with Gasteiger partial charge < -0.3 is 20.0 Å². The van der Waals surface area contributed by atoms with E-state index >= 15 is 0 Å². The van der Waals surface area contributed by atoms with Gasteiger partial charge in [-0.15, -0.1) is 0 Å². The van der Waals surface area contributed by atoms with Crippen LogP contribution in [0, 0.1) is 17.3 Å². The average molecular weight is 566 g/mol. The van der Waals surface area contributed by atoms with Gasteiger partial charge in [0.15, 0.2) is 0 Å². The lowest BCUT2D eigenvalue weighted by Crippen LogP contribution is -2.58. The molecule has 3 rings (SSSR count). The number of nitrogens with zero attached hydrogens (tertiary/aromatic N) is 5.